The third-order valence-electron chi connectivity index (χ3n) is 2.74. The Bertz CT molecular complexity index is 665. The third kappa shape index (κ3) is 4.58. The molecular weight excluding hydrogens is 311 g/mol. The van der Waals surface area contributed by atoms with Crippen molar-refractivity contribution >= 4 is 11.3 Å². The van der Waals surface area contributed by atoms with Crippen molar-refractivity contribution in [3.05, 3.63) is 40.9 Å². The molecule has 0 atom stereocenters. The van der Waals surface area contributed by atoms with E-state index in [0.29, 0.717) is 23.8 Å². The highest BCUT2D eigenvalue weighted by Crippen LogP contribution is 2.31. The van der Waals surface area contributed by atoms with Gasteiger partial charge in [-0.3, -0.25) is 0 Å². The van der Waals surface area contributed by atoms with E-state index in [1.54, 1.807) is 0 Å². The second-order valence-electron chi connectivity index (χ2n) is 4.42. The molecule has 1 aromatic heterocycles. The normalized spacial score (nSPS) is 11.1. The summed E-state index contributed by atoms with van der Waals surface area (Å²) in [4.78, 5) is 4.35. The lowest BCUT2D eigenvalue weighted by Gasteiger charge is -2.06. The van der Waals surface area contributed by atoms with Crippen LogP contribution >= 0.6 is 11.3 Å². The SMILES string of the molecule is CCC#CCOCc1csc(-c2ccc(C(F)(F)F)cc2)n1. The molecule has 0 unspecified atom stereocenters. The first-order chi connectivity index (χ1) is 10.5. The number of benzene rings is 1. The fourth-order valence-electron chi connectivity index (χ4n) is 1.69. The topological polar surface area (TPSA) is 22.1 Å². The number of rotatable bonds is 4. The molecule has 116 valence electrons. The van der Waals surface area contributed by atoms with E-state index in [2.05, 4.69) is 16.8 Å². The number of aromatic nitrogens is 1. The Morgan fingerprint density at radius 1 is 1.18 bits per heavy atom. The molecule has 6 heteroatoms. The van der Waals surface area contributed by atoms with Crippen molar-refractivity contribution < 1.29 is 17.9 Å². The standard InChI is InChI=1S/C16H14F3NOS/c1-2-3-4-9-21-10-14-11-22-15(20-14)12-5-7-13(8-6-12)16(17,18)19/h5-8,11H,2,9-10H2,1H3. The Labute approximate surface area is 131 Å². The van der Waals surface area contributed by atoms with Crippen LogP contribution in [0.25, 0.3) is 10.6 Å². The molecule has 0 saturated carbocycles. The molecule has 22 heavy (non-hydrogen) atoms. The summed E-state index contributed by atoms with van der Waals surface area (Å²) in [5, 5.41) is 2.51. The van der Waals surface area contributed by atoms with Crippen LogP contribution in [0.5, 0.6) is 0 Å². The zero-order chi connectivity index (χ0) is 16.0. The van der Waals surface area contributed by atoms with Crippen LogP contribution < -0.4 is 0 Å². The minimum Gasteiger partial charge on any atom is -0.362 e. The van der Waals surface area contributed by atoms with Crippen molar-refractivity contribution in [1.82, 2.24) is 4.98 Å². The van der Waals surface area contributed by atoms with Gasteiger partial charge in [-0.15, -0.1) is 17.3 Å². The van der Waals surface area contributed by atoms with Crippen LogP contribution in [0.2, 0.25) is 0 Å². The smallest absolute Gasteiger partial charge is 0.362 e. The quantitative estimate of drug-likeness (QED) is 0.597. The Morgan fingerprint density at radius 3 is 2.55 bits per heavy atom. The number of nitrogens with zero attached hydrogens (tertiary/aromatic N) is 1. The van der Waals surface area contributed by atoms with Crippen molar-refractivity contribution in [2.45, 2.75) is 26.1 Å². The van der Waals surface area contributed by atoms with E-state index >= 15 is 0 Å². The Balaban J connectivity index is 1.99. The summed E-state index contributed by atoms with van der Waals surface area (Å²) >= 11 is 1.38. The molecule has 0 bridgehead atoms. The first kappa shape index (κ1) is 16.5. The van der Waals surface area contributed by atoms with Crippen molar-refractivity contribution in [1.29, 1.82) is 0 Å². The molecule has 0 aliphatic heterocycles. The van der Waals surface area contributed by atoms with Gasteiger partial charge in [0.1, 0.15) is 11.6 Å². The van der Waals surface area contributed by atoms with Crippen LogP contribution in [0.15, 0.2) is 29.6 Å². The monoisotopic (exact) mass is 325 g/mol. The van der Waals surface area contributed by atoms with Gasteiger partial charge in [-0.25, -0.2) is 4.98 Å². The first-order valence-electron chi connectivity index (χ1n) is 6.66. The van der Waals surface area contributed by atoms with Crippen LogP contribution in [-0.2, 0) is 17.5 Å². The molecule has 1 heterocycles. The molecule has 0 amide bonds. The Kier molecular flexibility index (Phi) is 5.58. The molecule has 2 aromatic rings. The van der Waals surface area contributed by atoms with Crippen molar-refractivity contribution in [2.24, 2.45) is 0 Å². The van der Waals surface area contributed by atoms with Gasteiger partial charge in [-0.2, -0.15) is 13.2 Å². The number of alkyl halides is 3. The van der Waals surface area contributed by atoms with Crippen LogP contribution in [-0.4, -0.2) is 11.6 Å². The lowest BCUT2D eigenvalue weighted by molar-refractivity contribution is -0.137. The molecule has 0 aliphatic carbocycles. The molecule has 0 N–H and O–H groups in total. The van der Waals surface area contributed by atoms with Gasteiger partial charge >= 0.3 is 6.18 Å². The second kappa shape index (κ2) is 7.43. The number of thiazole rings is 1. The van der Waals surface area contributed by atoms with Gasteiger partial charge in [0.05, 0.1) is 17.9 Å². The predicted octanol–water partition coefficient (Wildman–Crippen LogP) is 4.76. The average molecular weight is 325 g/mol. The highest BCUT2D eigenvalue weighted by molar-refractivity contribution is 7.13. The van der Waals surface area contributed by atoms with Crippen molar-refractivity contribution in [3.8, 4) is 22.4 Å². The van der Waals surface area contributed by atoms with Crippen LogP contribution in [0, 0.1) is 11.8 Å². The van der Waals surface area contributed by atoms with Gasteiger partial charge in [-0.05, 0) is 12.1 Å². The fourth-order valence-corrected chi connectivity index (χ4v) is 2.50. The lowest BCUT2D eigenvalue weighted by Crippen LogP contribution is -2.03. The van der Waals surface area contributed by atoms with E-state index in [1.165, 1.54) is 23.5 Å². The molecule has 0 radical (unpaired) electrons. The zero-order valence-corrected chi connectivity index (χ0v) is 12.7. The number of hydrogen-bond donors (Lipinski definition) is 0. The zero-order valence-electron chi connectivity index (χ0n) is 11.9. The Morgan fingerprint density at radius 2 is 1.91 bits per heavy atom. The molecule has 1 aromatic carbocycles. The minimum absolute atomic E-state index is 0.343. The summed E-state index contributed by atoms with van der Waals surface area (Å²) < 4.78 is 42.9. The fraction of sp³-hybridized carbons (Fsp3) is 0.312. The lowest BCUT2D eigenvalue weighted by atomic mass is 10.1. The highest BCUT2D eigenvalue weighted by Gasteiger charge is 2.30. The molecule has 0 aliphatic rings. The average Bonchev–Trinajstić information content (AvgIpc) is 2.95. The molecule has 2 rings (SSSR count). The third-order valence-corrected chi connectivity index (χ3v) is 3.68. The van der Waals surface area contributed by atoms with E-state index in [-0.39, 0.29) is 0 Å². The molecule has 0 spiro atoms. The van der Waals surface area contributed by atoms with E-state index in [4.69, 9.17) is 4.74 Å². The maximum Gasteiger partial charge on any atom is 0.416 e. The van der Waals surface area contributed by atoms with Gasteiger partial charge in [-0.1, -0.05) is 25.0 Å². The second-order valence-corrected chi connectivity index (χ2v) is 5.28. The van der Waals surface area contributed by atoms with Crippen LogP contribution in [0.4, 0.5) is 13.2 Å². The van der Waals surface area contributed by atoms with Crippen LogP contribution in [0.3, 0.4) is 0 Å². The van der Waals surface area contributed by atoms with Gasteiger partial charge in [0, 0.05) is 17.4 Å². The van der Waals surface area contributed by atoms with E-state index in [1.807, 2.05) is 12.3 Å². The van der Waals surface area contributed by atoms with Crippen LogP contribution in [0.1, 0.15) is 24.6 Å². The molecular formula is C16H14F3NOS. The van der Waals surface area contributed by atoms with E-state index in [9.17, 15) is 13.2 Å². The molecule has 2 nitrogen and oxygen atoms in total. The van der Waals surface area contributed by atoms with E-state index in [0.717, 1.165) is 24.2 Å². The molecule has 0 saturated heterocycles. The summed E-state index contributed by atoms with van der Waals surface area (Å²) in [7, 11) is 0. The first-order valence-corrected chi connectivity index (χ1v) is 7.54. The summed E-state index contributed by atoms with van der Waals surface area (Å²) in [6.07, 6.45) is -3.53. The summed E-state index contributed by atoms with van der Waals surface area (Å²) in [5.74, 6) is 5.76. The van der Waals surface area contributed by atoms with Gasteiger partial charge in [0.15, 0.2) is 0 Å². The Hall–Kier alpha value is -1.84. The van der Waals surface area contributed by atoms with Crippen molar-refractivity contribution in [3.63, 3.8) is 0 Å². The van der Waals surface area contributed by atoms with Gasteiger partial charge in [0.25, 0.3) is 0 Å². The minimum atomic E-state index is -4.32. The van der Waals surface area contributed by atoms with Crippen molar-refractivity contribution in [2.75, 3.05) is 6.61 Å². The predicted molar refractivity (Wildman–Crippen MR) is 80.3 cm³/mol. The maximum absolute atomic E-state index is 12.5. The number of ether oxygens (including phenoxy) is 1. The molecule has 0 fully saturated rings. The summed E-state index contributed by atoms with van der Waals surface area (Å²) in [6.45, 7) is 2.65. The van der Waals surface area contributed by atoms with E-state index < -0.39 is 11.7 Å². The van der Waals surface area contributed by atoms with Gasteiger partial charge < -0.3 is 4.74 Å². The van der Waals surface area contributed by atoms with Gasteiger partial charge in [0.2, 0.25) is 0 Å². The largest absolute Gasteiger partial charge is 0.416 e. The summed E-state index contributed by atoms with van der Waals surface area (Å²) in [6, 6.07) is 4.98. The number of halogens is 3. The summed E-state index contributed by atoms with van der Waals surface area (Å²) in [5.41, 5.74) is 0.749. The highest BCUT2D eigenvalue weighted by atomic mass is 32.1. The number of hydrogen-bond acceptors (Lipinski definition) is 3. The maximum atomic E-state index is 12.5.